The average molecular weight is 454 g/mol. The van der Waals surface area contributed by atoms with E-state index in [2.05, 4.69) is 65.0 Å². The van der Waals surface area contributed by atoms with Crippen molar-refractivity contribution in [1.82, 2.24) is 20.3 Å². The molecule has 0 fully saturated rings. The fourth-order valence-electron chi connectivity index (χ4n) is 4.46. The Morgan fingerprint density at radius 1 is 1.06 bits per heavy atom. The lowest BCUT2D eigenvalue weighted by atomic mass is 9.90. The molecule has 0 saturated heterocycles. The van der Waals surface area contributed by atoms with Crippen molar-refractivity contribution in [2.75, 3.05) is 6.54 Å². The van der Waals surface area contributed by atoms with Gasteiger partial charge in [0.05, 0.1) is 29.6 Å². The van der Waals surface area contributed by atoms with E-state index in [-0.39, 0.29) is 12.3 Å². The summed E-state index contributed by atoms with van der Waals surface area (Å²) in [4.78, 5) is 17.7. The zero-order chi connectivity index (χ0) is 23.8. The van der Waals surface area contributed by atoms with E-state index in [0.717, 1.165) is 44.8 Å². The maximum Gasteiger partial charge on any atom is 0.222 e. The van der Waals surface area contributed by atoms with Crippen LogP contribution in [0.3, 0.4) is 0 Å². The Kier molecular flexibility index (Phi) is 5.61. The molecule has 7 nitrogen and oxygen atoms in total. The summed E-state index contributed by atoms with van der Waals surface area (Å²) in [5.41, 5.74) is 8.75. The first-order valence-electron chi connectivity index (χ1n) is 11.5. The predicted molar refractivity (Wildman–Crippen MR) is 132 cm³/mol. The van der Waals surface area contributed by atoms with Crippen LogP contribution in [0.1, 0.15) is 47.5 Å². The van der Waals surface area contributed by atoms with Crippen molar-refractivity contribution in [3.63, 3.8) is 0 Å². The number of carbonyl (C=O) groups is 1. The van der Waals surface area contributed by atoms with Gasteiger partial charge in [0.2, 0.25) is 5.91 Å². The van der Waals surface area contributed by atoms with Crippen LogP contribution in [0.4, 0.5) is 0 Å². The van der Waals surface area contributed by atoms with Gasteiger partial charge in [-0.2, -0.15) is 5.10 Å². The number of carbonyl (C=O) groups excluding carboxylic acids is 1. The van der Waals surface area contributed by atoms with Gasteiger partial charge < -0.3 is 9.84 Å². The van der Waals surface area contributed by atoms with Crippen molar-refractivity contribution in [3.05, 3.63) is 83.0 Å². The van der Waals surface area contributed by atoms with Crippen LogP contribution in [-0.2, 0) is 11.8 Å². The molecule has 2 aromatic carbocycles. The molecule has 172 valence electrons. The highest BCUT2D eigenvalue weighted by atomic mass is 16.5. The van der Waals surface area contributed by atoms with Gasteiger partial charge in [-0.25, -0.2) is 0 Å². The summed E-state index contributed by atoms with van der Waals surface area (Å²) in [6.07, 6.45) is 4.04. The highest BCUT2D eigenvalue weighted by Crippen LogP contribution is 2.42. The number of aryl methyl sites for hydroxylation is 3. The second-order valence-corrected chi connectivity index (χ2v) is 8.69. The van der Waals surface area contributed by atoms with Gasteiger partial charge in [0.1, 0.15) is 6.04 Å². The maximum absolute atomic E-state index is 12.6. The molecule has 0 radical (unpaired) electrons. The fraction of sp³-hybridized carbons (Fsp3) is 0.259. The van der Waals surface area contributed by atoms with Crippen LogP contribution in [0.25, 0.3) is 22.3 Å². The van der Waals surface area contributed by atoms with Gasteiger partial charge in [-0.15, -0.1) is 0 Å². The molecule has 0 bridgehead atoms. The molecule has 1 aliphatic rings. The number of amides is 1. The summed E-state index contributed by atoms with van der Waals surface area (Å²) >= 11 is 0. The first-order valence-corrected chi connectivity index (χ1v) is 11.5. The molecule has 1 N–H and O–H groups in total. The summed E-state index contributed by atoms with van der Waals surface area (Å²) in [5.74, 6) is 0.558. The number of benzene rings is 2. The van der Waals surface area contributed by atoms with Crippen molar-refractivity contribution in [3.8, 4) is 22.3 Å². The van der Waals surface area contributed by atoms with Gasteiger partial charge in [0.15, 0.2) is 5.76 Å². The molecule has 1 aliphatic heterocycles. The van der Waals surface area contributed by atoms with Crippen LogP contribution in [0.15, 0.2) is 64.4 Å². The molecule has 5 rings (SSSR count). The summed E-state index contributed by atoms with van der Waals surface area (Å²) in [7, 11) is 1.91. The zero-order valence-electron chi connectivity index (χ0n) is 19.8. The fourth-order valence-corrected chi connectivity index (χ4v) is 4.46. The van der Waals surface area contributed by atoms with Gasteiger partial charge in [-0.05, 0) is 38.0 Å². The van der Waals surface area contributed by atoms with Crippen LogP contribution in [0.2, 0.25) is 0 Å². The number of aliphatic imine (C=N–C) groups is 1. The lowest BCUT2D eigenvalue weighted by Gasteiger charge is -2.13. The minimum atomic E-state index is -0.478. The Bertz CT molecular complexity index is 1390. The van der Waals surface area contributed by atoms with E-state index in [0.29, 0.717) is 12.3 Å². The average Bonchev–Trinajstić information content (AvgIpc) is 3.39. The largest absolute Gasteiger partial charge is 0.358 e. The smallest absolute Gasteiger partial charge is 0.222 e. The molecule has 1 atom stereocenters. The third-order valence-electron chi connectivity index (χ3n) is 6.14. The number of nitrogens with one attached hydrogen (secondary N) is 1. The normalized spacial score (nSPS) is 14.7. The van der Waals surface area contributed by atoms with E-state index < -0.39 is 6.04 Å². The number of fused-ring (bicyclic) bond motifs is 3. The Labute approximate surface area is 198 Å². The van der Waals surface area contributed by atoms with Gasteiger partial charge in [-0.3, -0.25) is 14.5 Å². The van der Waals surface area contributed by atoms with Crippen LogP contribution in [-0.4, -0.2) is 33.1 Å². The summed E-state index contributed by atoms with van der Waals surface area (Å²) < 4.78 is 7.58. The quantitative estimate of drug-likeness (QED) is 0.471. The van der Waals surface area contributed by atoms with E-state index in [1.165, 1.54) is 5.56 Å². The van der Waals surface area contributed by atoms with E-state index in [4.69, 9.17) is 9.52 Å². The highest BCUT2D eigenvalue weighted by molar-refractivity contribution is 6.17. The Morgan fingerprint density at radius 2 is 1.82 bits per heavy atom. The number of hydrogen-bond donors (Lipinski definition) is 1. The second-order valence-electron chi connectivity index (χ2n) is 8.69. The molecule has 2 aromatic heterocycles. The summed E-state index contributed by atoms with van der Waals surface area (Å²) in [5, 5.41) is 11.5. The lowest BCUT2D eigenvalue weighted by Crippen LogP contribution is -2.24. The summed E-state index contributed by atoms with van der Waals surface area (Å²) in [6, 6.07) is 14.2. The number of hydrogen-bond acceptors (Lipinski definition) is 5. The maximum atomic E-state index is 12.6. The van der Waals surface area contributed by atoms with Crippen LogP contribution in [0.5, 0.6) is 0 Å². The first-order chi connectivity index (χ1) is 16.4. The minimum Gasteiger partial charge on any atom is -0.358 e. The lowest BCUT2D eigenvalue weighted by molar-refractivity contribution is -0.121. The highest BCUT2D eigenvalue weighted by Gasteiger charge is 2.31. The molecule has 1 amide bonds. The molecule has 3 heterocycles. The summed E-state index contributed by atoms with van der Waals surface area (Å²) in [6.45, 7) is 6.47. The van der Waals surface area contributed by atoms with Crippen molar-refractivity contribution in [2.24, 2.45) is 12.0 Å². The van der Waals surface area contributed by atoms with Gasteiger partial charge in [-0.1, -0.05) is 47.1 Å². The van der Waals surface area contributed by atoms with E-state index in [9.17, 15) is 4.79 Å². The molecular formula is C27H27N5O2. The molecule has 0 aliphatic carbocycles. The zero-order valence-corrected chi connectivity index (χ0v) is 19.8. The van der Waals surface area contributed by atoms with Crippen molar-refractivity contribution >= 4 is 11.6 Å². The van der Waals surface area contributed by atoms with Gasteiger partial charge >= 0.3 is 0 Å². The molecular weight excluding hydrogens is 426 g/mol. The second kappa shape index (κ2) is 8.74. The van der Waals surface area contributed by atoms with Crippen LogP contribution in [0, 0.1) is 13.8 Å². The van der Waals surface area contributed by atoms with E-state index >= 15 is 0 Å². The van der Waals surface area contributed by atoms with Crippen molar-refractivity contribution < 1.29 is 9.32 Å². The molecule has 0 saturated carbocycles. The Balaban J connectivity index is 1.75. The molecule has 34 heavy (non-hydrogen) atoms. The van der Waals surface area contributed by atoms with Gasteiger partial charge in [0.25, 0.3) is 0 Å². The van der Waals surface area contributed by atoms with Crippen LogP contribution >= 0.6 is 0 Å². The monoisotopic (exact) mass is 453 g/mol. The van der Waals surface area contributed by atoms with Crippen LogP contribution < -0.4 is 5.32 Å². The van der Waals surface area contributed by atoms with Gasteiger partial charge in [0, 0.05) is 36.5 Å². The molecule has 0 unspecified atom stereocenters. The number of rotatable bonds is 5. The number of nitrogens with zero attached hydrogens (tertiary/aromatic N) is 4. The first kappa shape index (κ1) is 21.8. The minimum absolute atomic E-state index is 0.0680. The Hall–Kier alpha value is -4.00. The van der Waals surface area contributed by atoms with E-state index in [1.807, 2.05) is 33.3 Å². The molecule has 4 aromatic rings. The predicted octanol–water partition coefficient (Wildman–Crippen LogP) is 4.78. The third kappa shape index (κ3) is 3.94. The molecule has 7 heteroatoms. The molecule has 0 spiro atoms. The Morgan fingerprint density at radius 3 is 2.53 bits per heavy atom. The topological polar surface area (TPSA) is 85.3 Å². The third-order valence-corrected chi connectivity index (χ3v) is 6.14. The van der Waals surface area contributed by atoms with Crippen molar-refractivity contribution in [1.29, 1.82) is 0 Å². The standard InChI is InChI=1S/C27H27N5O2/c1-5-28-24(33)13-23-27-25(17(3)31-34-27)21-11-10-19(20-14-29-32(4)15-20)12-22(21)26(30-23)18-8-6-16(2)7-9-18/h6-12,14-15,23H,5,13H2,1-4H3,(H,28,33)/t23-/m0/s1. The SMILES string of the molecule is CCNC(=O)C[C@@H]1N=C(c2ccc(C)cc2)c2cc(-c3cnn(C)c3)ccc2-c2c(C)noc21. The number of aromatic nitrogens is 3. The van der Waals surface area contributed by atoms with Crippen molar-refractivity contribution in [2.45, 2.75) is 33.2 Å². The van der Waals surface area contributed by atoms with E-state index in [1.54, 1.807) is 4.68 Å².